The number of anilines is 1. The highest BCUT2D eigenvalue weighted by Crippen LogP contribution is 2.26. The van der Waals surface area contributed by atoms with Crippen LogP contribution in [0, 0.1) is 0 Å². The van der Waals surface area contributed by atoms with E-state index in [0.717, 1.165) is 11.4 Å². The molecule has 1 amide bonds. The zero-order valence-corrected chi connectivity index (χ0v) is 16.2. The molecule has 3 rings (SSSR count). The van der Waals surface area contributed by atoms with E-state index in [1.807, 2.05) is 48.9 Å². The zero-order chi connectivity index (χ0) is 19.4. The summed E-state index contributed by atoms with van der Waals surface area (Å²) in [5.41, 5.74) is 2.13. The van der Waals surface area contributed by atoms with Crippen LogP contribution >= 0.6 is 11.8 Å². The molecule has 3 aromatic rings. The van der Waals surface area contributed by atoms with Gasteiger partial charge in [0.2, 0.25) is 5.91 Å². The van der Waals surface area contributed by atoms with E-state index in [1.54, 1.807) is 24.3 Å². The Morgan fingerprint density at radius 1 is 1.07 bits per heavy atom. The molecule has 1 atom stereocenters. The lowest BCUT2D eigenvalue weighted by Crippen LogP contribution is -2.23. The second-order valence-electron chi connectivity index (χ2n) is 6.12. The molecule has 0 aliphatic carbocycles. The maximum atomic E-state index is 12.5. The first kappa shape index (κ1) is 18.8. The van der Waals surface area contributed by atoms with Crippen molar-refractivity contribution in [3.05, 3.63) is 60.2 Å². The average molecular weight is 380 g/mol. The second kappa shape index (κ2) is 8.18. The summed E-state index contributed by atoms with van der Waals surface area (Å²) in [5, 5.41) is 11.6. The molecule has 138 valence electrons. The SMILES string of the molecule is CC(=O)c1cccc(NC(=O)[C@@H](C)Sc2nnc(-c3ccccc3)n2C)c1. The average Bonchev–Trinajstić information content (AvgIpc) is 3.03. The van der Waals surface area contributed by atoms with Crippen LogP contribution in [0.4, 0.5) is 5.69 Å². The van der Waals surface area contributed by atoms with Crippen LogP contribution in [0.3, 0.4) is 0 Å². The molecular formula is C20H20N4O2S. The van der Waals surface area contributed by atoms with E-state index in [-0.39, 0.29) is 16.9 Å². The van der Waals surface area contributed by atoms with E-state index in [0.29, 0.717) is 16.4 Å². The molecule has 2 aromatic carbocycles. The molecule has 0 radical (unpaired) electrons. The van der Waals surface area contributed by atoms with Gasteiger partial charge in [0.05, 0.1) is 5.25 Å². The molecule has 0 fully saturated rings. The Morgan fingerprint density at radius 3 is 2.52 bits per heavy atom. The lowest BCUT2D eigenvalue weighted by Gasteiger charge is -2.12. The van der Waals surface area contributed by atoms with Crippen LogP contribution in [0.15, 0.2) is 59.8 Å². The molecule has 27 heavy (non-hydrogen) atoms. The van der Waals surface area contributed by atoms with Gasteiger partial charge in [0, 0.05) is 23.9 Å². The molecule has 7 heteroatoms. The summed E-state index contributed by atoms with van der Waals surface area (Å²) in [4.78, 5) is 24.0. The number of Topliss-reactive ketones (excluding diaryl/α,β-unsaturated/α-hetero) is 1. The van der Waals surface area contributed by atoms with Gasteiger partial charge in [-0.2, -0.15) is 0 Å². The highest BCUT2D eigenvalue weighted by molar-refractivity contribution is 8.00. The lowest BCUT2D eigenvalue weighted by atomic mass is 10.1. The third-order valence-electron chi connectivity index (χ3n) is 4.05. The van der Waals surface area contributed by atoms with Gasteiger partial charge in [0.25, 0.3) is 0 Å². The third kappa shape index (κ3) is 4.43. The van der Waals surface area contributed by atoms with Gasteiger partial charge in [-0.3, -0.25) is 9.59 Å². The number of carbonyl (C=O) groups is 2. The summed E-state index contributed by atoms with van der Waals surface area (Å²) in [6.45, 7) is 3.31. The normalized spacial score (nSPS) is 11.8. The van der Waals surface area contributed by atoms with Crippen LogP contribution in [0.2, 0.25) is 0 Å². The number of hydrogen-bond acceptors (Lipinski definition) is 5. The Labute approximate surface area is 162 Å². The Hall–Kier alpha value is -2.93. The smallest absolute Gasteiger partial charge is 0.237 e. The molecule has 0 saturated heterocycles. The number of amides is 1. The third-order valence-corrected chi connectivity index (χ3v) is 5.19. The van der Waals surface area contributed by atoms with Gasteiger partial charge in [-0.15, -0.1) is 10.2 Å². The number of aromatic nitrogens is 3. The molecule has 0 spiro atoms. The number of benzene rings is 2. The number of rotatable bonds is 6. The minimum Gasteiger partial charge on any atom is -0.325 e. The van der Waals surface area contributed by atoms with Crippen molar-refractivity contribution in [2.24, 2.45) is 7.05 Å². The summed E-state index contributed by atoms with van der Waals surface area (Å²) in [6.07, 6.45) is 0. The zero-order valence-electron chi connectivity index (χ0n) is 15.3. The number of thioether (sulfide) groups is 1. The predicted molar refractivity (Wildman–Crippen MR) is 107 cm³/mol. The molecule has 0 aliphatic rings. The minimum absolute atomic E-state index is 0.0407. The quantitative estimate of drug-likeness (QED) is 0.520. The van der Waals surface area contributed by atoms with Gasteiger partial charge in [-0.1, -0.05) is 54.2 Å². The summed E-state index contributed by atoms with van der Waals surface area (Å²) >= 11 is 1.33. The highest BCUT2D eigenvalue weighted by Gasteiger charge is 2.19. The number of nitrogens with one attached hydrogen (secondary N) is 1. The number of nitrogens with zero attached hydrogens (tertiary/aromatic N) is 3. The Bertz CT molecular complexity index is 969. The van der Waals surface area contributed by atoms with E-state index in [1.165, 1.54) is 18.7 Å². The van der Waals surface area contributed by atoms with Crippen LogP contribution in [-0.2, 0) is 11.8 Å². The maximum Gasteiger partial charge on any atom is 0.237 e. The fourth-order valence-corrected chi connectivity index (χ4v) is 3.34. The highest BCUT2D eigenvalue weighted by atomic mass is 32.2. The van der Waals surface area contributed by atoms with Gasteiger partial charge in [-0.05, 0) is 26.0 Å². The largest absolute Gasteiger partial charge is 0.325 e. The van der Waals surface area contributed by atoms with Crippen molar-refractivity contribution in [1.82, 2.24) is 14.8 Å². The van der Waals surface area contributed by atoms with Crippen molar-refractivity contribution < 1.29 is 9.59 Å². The van der Waals surface area contributed by atoms with Crippen molar-refractivity contribution >= 4 is 29.1 Å². The van der Waals surface area contributed by atoms with E-state index in [4.69, 9.17) is 0 Å². The first-order chi connectivity index (χ1) is 13.0. The van der Waals surface area contributed by atoms with E-state index in [9.17, 15) is 9.59 Å². The van der Waals surface area contributed by atoms with Crippen molar-refractivity contribution in [2.75, 3.05) is 5.32 Å². The van der Waals surface area contributed by atoms with Crippen LogP contribution in [0.25, 0.3) is 11.4 Å². The molecule has 1 aromatic heterocycles. The Kier molecular flexibility index (Phi) is 5.71. The van der Waals surface area contributed by atoms with Crippen LogP contribution in [-0.4, -0.2) is 31.7 Å². The minimum atomic E-state index is -0.377. The number of ketones is 1. The Morgan fingerprint density at radius 2 is 1.81 bits per heavy atom. The fraction of sp³-hybridized carbons (Fsp3) is 0.200. The molecule has 6 nitrogen and oxygen atoms in total. The van der Waals surface area contributed by atoms with Crippen LogP contribution in [0.5, 0.6) is 0 Å². The van der Waals surface area contributed by atoms with Gasteiger partial charge in [0.15, 0.2) is 16.8 Å². The summed E-state index contributed by atoms with van der Waals surface area (Å²) < 4.78 is 1.88. The van der Waals surface area contributed by atoms with Crippen molar-refractivity contribution in [3.63, 3.8) is 0 Å². The van der Waals surface area contributed by atoms with Gasteiger partial charge < -0.3 is 9.88 Å². The van der Waals surface area contributed by atoms with Crippen LogP contribution in [0.1, 0.15) is 24.2 Å². The summed E-state index contributed by atoms with van der Waals surface area (Å²) in [6, 6.07) is 16.7. The maximum absolute atomic E-state index is 12.5. The first-order valence-electron chi connectivity index (χ1n) is 8.49. The summed E-state index contributed by atoms with van der Waals surface area (Å²) in [5.74, 6) is 0.547. The molecule has 0 saturated carbocycles. The number of hydrogen-bond donors (Lipinski definition) is 1. The molecule has 0 aliphatic heterocycles. The van der Waals surface area contributed by atoms with Crippen molar-refractivity contribution in [2.45, 2.75) is 24.3 Å². The van der Waals surface area contributed by atoms with Crippen LogP contribution < -0.4 is 5.32 Å². The molecule has 0 unspecified atom stereocenters. The van der Waals surface area contributed by atoms with Gasteiger partial charge >= 0.3 is 0 Å². The van der Waals surface area contributed by atoms with Crippen molar-refractivity contribution in [3.8, 4) is 11.4 Å². The van der Waals surface area contributed by atoms with Crippen molar-refractivity contribution in [1.29, 1.82) is 0 Å². The Balaban J connectivity index is 1.69. The van der Waals surface area contributed by atoms with E-state index < -0.39 is 0 Å². The monoisotopic (exact) mass is 380 g/mol. The van der Waals surface area contributed by atoms with Gasteiger partial charge in [0.1, 0.15) is 0 Å². The lowest BCUT2D eigenvalue weighted by molar-refractivity contribution is -0.115. The molecule has 1 N–H and O–H groups in total. The summed E-state index contributed by atoms with van der Waals surface area (Å²) in [7, 11) is 1.88. The van der Waals surface area contributed by atoms with Gasteiger partial charge in [-0.25, -0.2) is 0 Å². The first-order valence-corrected chi connectivity index (χ1v) is 9.37. The van der Waals surface area contributed by atoms with E-state index in [2.05, 4.69) is 15.5 Å². The molecule has 1 heterocycles. The second-order valence-corrected chi connectivity index (χ2v) is 7.43. The molecular weight excluding hydrogens is 360 g/mol. The standard InChI is InChI=1S/C20H20N4O2S/c1-13(25)16-10-7-11-17(12-16)21-19(26)14(2)27-20-23-22-18(24(20)3)15-8-5-4-6-9-15/h4-12,14H,1-3H3,(H,21,26)/t14-/m1/s1. The fourth-order valence-electron chi connectivity index (χ4n) is 2.53. The van der Waals surface area contributed by atoms with E-state index >= 15 is 0 Å². The topological polar surface area (TPSA) is 76.9 Å². The number of carbonyl (C=O) groups excluding carboxylic acids is 2. The predicted octanol–water partition coefficient (Wildman–Crippen LogP) is 3.80. The molecule has 0 bridgehead atoms.